The van der Waals surface area contributed by atoms with Gasteiger partial charge in [-0.25, -0.2) is 0 Å². The normalized spacial score (nSPS) is 12.7. The molecule has 1 heterocycles. The molecule has 0 saturated carbocycles. The van der Waals surface area contributed by atoms with Gasteiger partial charge >= 0.3 is 5.97 Å². The van der Waals surface area contributed by atoms with E-state index in [1.807, 2.05) is 36.4 Å². The highest BCUT2D eigenvalue weighted by Crippen LogP contribution is 2.31. The summed E-state index contributed by atoms with van der Waals surface area (Å²) in [6.07, 6.45) is 0. The number of rotatable bonds is 4. The maximum Gasteiger partial charge on any atom is 0.309 e. The van der Waals surface area contributed by atoms with Gasteiger partial charge in [0.2, 0.25) is 0 Å². The zero-order valence-electron chi connectivity index (χ0n) is 11.1. The van der Waals surface area contributed by atoms with Crippen LogP contribution in [0.25, 0.3) is 21.8 Å². The second kappa shape index (κ2) is 4.89. The van der Waals surface area contributed by atoms with Gasteiger partial charge in [0, 0.05) is 16.3 Å². The molecule has 0 fully saturated rings. The number of benzene rings is 2. The Kier molecular flexibility index (Phi) is 3.06. The monoisotopic (exact) mass is 269 g/mol. The van der Waals surface area contributed by atoms with Crippen LogP contribution < -0.4 is 4.74 Å². The number of ether oxygens (including phenoxy) is 1. The van der Waals surface area contributed by atoms with E-state index in [4.69, 9.17) is 9.84 Å². The number of para-hydroxylation sites is 2. The predicted octanol–water partition coefficient (Wildman–Crippen LogP) is 3.42. The second-order valence-corrected chi connectivity index (χ2v) is 4.90. The average molecular weight is 269 g/mol. The minimum atomic E-state index is -0.853. The molecule has 0 aliphatic heterocycles. The van der Waals surface area contributed by atoms with E-state index < -0.39 is 11.9 Å². The Balaban J connectivity index is 2.01. The molecule has 20 heavy (non-hydrogen) atoms. The van der Waals surface area contributed by atoms with E-state index in [1.165, 1.54) is 0 Å². The minimum Gasteiger partial charge on any atom is -0.490 e. The number of carbonyl (C=O) groups is 1. The molecule has 2 aromatic carbocycles. The molecule has 0 spiro atoms. The smallest absolute Gasteiger partial charge is 0.309 e. The molecule has 3 rings (SSSR count). The average Bonchev–Trinajstić information content (AvgIpc) is 2.83. The predicted molar refractivity (Wildman–Crippen MR) is 78.1 cm³/mol. The van der Waals surface area contributed by atoms with Crippen LogP contribution >= 0.6 is 0 Å². The maximum absolute atomic E-state index is 10.8. The zero-order valence-corrected chi connectivity index (χ0v) is 11.1. The first-order chi connectivity index (χ1) is 9.66. The number of aliphatic carboxylic acids is 1. The van der Waals surface area contributed by atoms with Crippen LogP contribution in [0.1, 0.15) is 6.92 Å². The number of carboxylic acids is 1. The lowest BCUT2D eigenvalue weighted by Gasteiger charge is -2.09. The standard InChI is InChI=1S/C16H15NO3/c1-10(16(18)19)9-20-14-8-4-6-12-11-5-2-3-7-13(11)17-15(12)14/h2-8,10,17H,9H2,1H3,(H,18,19). The summed E-state index contributed by atoms with van der Waals surface area (Å²) in [5.41, 5.74) is 1.95. The van der Waals surface area contributed by atoms with Gasteiger partial charge in [0.05, 0.1) is 11.4 Å². The van der Waals surface area contributed by atoms with Crippen LogP contribution in [0.2, 0.25) is 0 Å². The van der Waals surface area contributed by atoms with Crippen LogP contribution in [0.15, 0.2) is 42.5 Å². The van der Waals surface area contributed by atoms with Gasteiger partial charge in [0.15, 0.2) is 0 Å². The van der Waals surface area contributed by atoms with Crippen LogP contribution in [0, 0.1) is 5.92 Å². The van der Waals surface area contributed by atoms with Crippen molar-refractivity contribution in [2.75, 3.05) is 6.61 Å². The Morgan fingerprint density at radius 2 is 1.95 bits per heavy atom. The first kappa shape index (κ1) is 12.5. The first-order valence-corrected chi connectivity index (χ1v) is 6.52. The molecule has 0 amide bonds. The molecule has 1 atom stereocenters. The summed E-state index contributed by atoms with van der Waals surface area (Å²) in [6, 6.07) is 13.8. The molecule has 0 saturated heterocycles. The van der Waals surface area contributed by atoms with Crippen LogP contribution in [-0.2, 0) is 4.79 Å². The van der Waals surface area contributed by atoms with E-state index in [1.54, 1.807) is 6.92 Å². The topological polar surface area (TPSA) is 62.3 Å². The number of fused-ring (bicyclic) bond motifs is 3. The fraction of sp³-hybridized carbons (Fsp3) is 0.188. The van der Waals surface area contributed by atoms with Gasteiger partial charge in [0.25, 0.3) is 0 Å². The van der Waals surface area contributed by atoms with Crippen molar-refractivity contribution in [2.24, 2.45) is 5.92 Å². The fourth-order valence-electron chi connectivity index (χ4n) is 2.25. The summed E-state index contributed by atoms with van der Waals surface area (Å²) in [5, 5.41) is 11.1. The molecule has 3 aromatic rings. The molecular formula is C16H15NO3. The third-order valence-corrected chi connectivity index (χ3v) is 3.41. The Morgan fingerprint density at radius 1 is 1.20 bits per heavy atom. The second-order valence-electron chi connectivity index (χ2n) is 4.90. The van der Waals surface area contributed by atoms with Crippen molar-refractivity contribution in [3.63, 3.8) is 0 Å². The van der Waals surface area contributed by atoms with Crippen molar-refractivity contribution < 1.29 is 14.6 Å². The lowest BCUT2D eigenvalue weighted by molar-refractivity contribution is -0.142. The lowest BCUT2D eigenvalue weighted by atomic mass is 10.1. The molecular weight excluding hydrogens is 254 g/mol. The SMILES string of the molecule is CC(COc1cccc2c1[nH]c1ccccc12)C(=O)O. The summed E-state index contributed by atoms with van der Waals surface area (Å²) in [6.45, 7) is 1.79. The van der Waals surface area contributed by atoms with Crippen LogP contribution in [0.3, 0.4) is 0 Å². The van der Waals surface area contributed by atoms with Gasteiger partial charge in [-0.1, -0.05) is 30.3 Å². The molecule has 4 nitrogen and oxygen atoms in total. The quantitative estimate of drug-likeness (QED) is 0.762. The largest absolute Gasteiger partial charge is 0.490 e. The molecule has 1 aromatic heterocycles. The van der Waals surface area contributed by atoms with Crippen LogP contribution in [0.5, 0.6) is 5.75 Å². The van der Waals surface area contributed by atoms with Gasteiger partial charge in [-0.3, -0.25) is 4.79 Å². The van der Waals surface area contributed by atoms with Gasteiger partial charge in [-0.05, 0) is 19.1 Å². The number of hydrogen-bond acceptors (Lipinski definition) is 2. The van der Waals surface area contributed by atoms with Gasteiger partial charge in [-0.2, -0.15) is 0 Å². The van der Waals surface area contributed by atoms with Gasteiger partial charge < -0.3 is 14.8 Å². The number of nitrogens with one attached hydrogen (secondary N) is 1. The molecule has 0 aliphatic carbocycles. The molecule has 0 aliphatic rings. The van der Waals surface area contributed by atoms with Crippen molar-refractivity contribution in [3.8, 4) is 5.75 Å². The zero-order chi connectivity index (χ0) is 14.1. The van der Waals surface area contributed by atoms with Crippen molar-refractivity contribution in [3.05, 3.63) is 42.5 Å². The third-order valence-electron chi connectivity index (χ3n) is 3.41. The number of aromatic nitrogens is 1. The molecule has 4 heteroatoms. The summed E-state index contributed by atoms with van der Waals surface area (Å²) >= 11 is 0. The van der Waals surface area contributed by atoms with Crippen molar-refractivity contribution in [1.82, 2.24) is 4.98 Å². The summed E-state index contributed by atoms with van der Waals surface area (Å²) in [5.74, 6) is -0.699. The van der Waals surface area contributed by atoms with Crippen LogP contribution in [0.4, 0.5) is 0 Å². The molecule has 2 N–H and O–H groups in total. The van der Waals surface area contributed by atoms with Gasteiger partial charge in [0.1, 0.15) is 12.4 Å². The number of carboxylic acid groups (broad SMARTS) is 1. The van der Waals surface area contributed by atoms with E-state index >= 15 is 0 Å². The van der Waals surface area contributed by atoms with Gasteiger partial charge in [-0.15, -0.1) is 0 Å². The Labute approximate surface area is 116 Å². The molecule has 102 valence electrons. The number of hydrogen-bond donors (Lipinski definition) is 2. The van der Waals surface area contributed by atoms with E-state index in [2.05, 4.69) is 11.1 Å². The first-order valence-electron chi connectivity index (χ1n) is 6.52. The highest BCUT2D eigenvalue weighted by atomic mass is 16.5. The van der Waals surface area contributed by atoms with Crippen molar-refractivity contribution in [2.45, 2.75) is 6.92 Å². The summed E-state index contributed by atoms with van der Waals surface area (Å²) < 4.78 is 5.66. The van der Waals surface area contributed by atoms with E-state index in [0.717, 1.165) is 21.8 Å². The maximum atomic E-state index is 10.8. The number of H-pyrrole nitrogens is 1. The molecule has 1 unspecified atom stereocenters. The van der Waals surface area contributed by atoms with E-state index in [9.17, 15) is 4.79 Å². The van der Waals surface area contributed by atoms with E-state index in [0.29, 0.717) is 5.75 Å². The summed E-state index contributed by atoms with van der Waals surface area (Å²) in [7, 11) is 0. The molecule has 0 radical (unpaired) electrons. The minimum absolute atomic E-state index is 0.157. The summed E-state index contributed by atoms with van der Waals surface area (Å²) in [4.78, 5) is 14.2. The van der Waals surface area contributed by atoms with E-state index in [-0.39, 0.29) is 6.61 Å². The Bertz CT molecular complexity index is 776. The third kappa shape index (κ3) is 2.09. The lowest BCUT2D eigenvalue weighted by Crippen LogP contribution is -2.17. The van der Waals surface area contributed by atoms with Crippen LogP contribution in [-0.4, -0.2) is 22.7 Å². The highest BCUT2D eigenvalue weighted by molar-refractivity contribution is 6.09. The Hall–Kier alpha value is -2.49. The number of aromatic amines is 1. The van der Waals surface area contributed by atoms with Crippen molar-refractivity contribution >= 4 is 27.8 Å². The highest BCUT2D eigenvalue weighted by Gasteiger charge is 2.13. The fourth-order valence-corrected chi connectivity index (χ4v) is 2.25. The molecule has 0 bridgehead atoms. The Morgan fingerprint density at radius 3 is 2.75 bits per heavy atom. The van der Waals surface area contributed by atoms with Crippen molar-refractivity contribution in [1.29, 1.82) is 0 Å².